The molecule has 1 aromatic carbocycles. The Kier molecular flexibility index (Phi) is 3.97. The van der Waals surface area contributed by atoms with Crippen molar-refractivity contribution < 1.29 is 9.59 Å². The quantitative estimate of drug-likeness (QED) is 0.778. The second-order valence-corrected chi connectivity index (χ2v) is 4.55. The van der Waals surface area contributed by atoms with Crippen LogP contribution in [0, 0.1) is 0 Å². The molecule has 0 saturated carbocycles. The van der Waals surface area contributed by atoms with Crippen LogP contribution in [0.2, 0.25) is 0 Å². The van der Waals surface area contributed by atoms with Crippen LogP contribution in [0.3, 0.4) is 0 Å². The third kappa shape index (κ3) is 3.09. The van der Waals surface area contributed by atoms with E-state index in [9.17, 15) is 9.59 Å². The van der Waals surface area contributed by atoms with Gasteiger partial charge in [-0.3, -0.25) is 9.59 Å². The first-order chi connectivity index (χ1) is 8.66. The van der Waals surface area contributed by atoms with Gasteiger partial charge in [0.1, 0.15) is 0 Å². The van der Waals surface area contributed by atoms with Gasteiger partial charge in [0.25, 0.3) is 0 Å². The molecule has 0 atom stereocenters. The molecule has 18 heavy (non-hydrogen) atoms. The molecular weight excluding hydrogens is 228 g/mol. The first kappa shape index (κ1) is 12.6. The van der Waals surface area contributed by atoms with Gasteiger partial charge in [0.2, 0.25) is 11.8 Å². The van der Waals surface area contributed by atoms with Gasteiger partial charge in [-0.25, -0.2) is 0 Å². The SMILES string of the molecule is CC(=O)N1CCN(C(=O)Cc2ccccc2)CC1. The third-order valence-corrected chi connectivity index (χ3v) is 3.28. The molecule has 0 radical (unpaired) electrons. The van der Waals surface area contributed by atoms with E-state index in [1.165, 1.54) is 0 Å². The molecule has 1 aliphatic heterocycles. The van der Waals surface area contributed by atoms with Crippen LogP contribution < -0.4 is 0 Å². The molecule has 0 aromatic heterocycles. The van der Waals surface area contributed by atoms with Crippen molar-refractivity contribution in [1.29, 1.82) is 0 Å². The summed E-state index contributed by atoms with van der Waals surface area (Å²) in [5, 5.41) is 0. The minimum atomic E-state index is 0.0881. The van der Waals surface area contributed by atoms with Gasteiger partial charge in [-0.2, -0.15) is 0 Å². The fraction of sp³-hybridized carbons (Fsp3) is 0.429. The maximum atomic E-state index is 12.1. The summed E-state index contributed by atoms with van der Waals surface area (Å²) < 4.78 is 0. The number of rotatable bonds is 2. The lowest BCUT2D eigenvalue weighted by molar-refractivity contribution is -0.138. The molecule has 4 nitrogen and oxygen atoms in total. The van der Waals surface area contributed by atoms with Crippen molar-refractivity contribution in [1.82, 2.24) is 9.80 Å². The Labute approximate surface area is 107 Å². The Morgan fingerprint density at radius 2 is 1.56 bits per heavy atom. The van der Waals surface area contributed by atoms with Gasteiger partial charge < -0.3 is 9.80 Å². The highest BCUT2D eigenvalue weighted by atomic mass is 16.2. The Morgan fingerprint density at radius 3 is 2.11 bits per heavy atom. The van der Waals surface area contributed by atoms with Gasteiger partial charge in [-0.1, -0.05) is 30.3 Å². The second kappa shape index (κ2) is 5.67. The van der Waals surface area contributed by atoms with Crippen LogP contribution in [0.4, 0.5) is 0 Å². The third-order valence-electron chi connectivity index (χ3n) is 3.28. The zero-order valence-corrected chi connectivity index (χ0v) is 10.6. The normalized spacial score (nSPS) is 15.6. The number of piperazine rings is 1. The van der Waals surface area contributed by atoms with E-state index in [0.29, 0.717) is 32.6 Å². The molecule has 1 fully saturated rings. The van der Waals surface area contributed by atoms with Crippen LogP contribution in [0.15, 0.2) is 30.3 Å². The zero-order chi connectivity index (χ0) is 13.0. The summed E-state index contributed by atoms with van der Waals surface area (Å²) in [5.74, 6) is 0.231. The van der Waals surface area contributed by atoms with Crippen LogP contribution in [0.5, 0.6) is 0 Å². The van der Waals surface area contributed by atoms with Crippen LogP contribution in [-0.2, 0) is 16.0 Å². The second-order valence-electron chi connectivity index (χ2n) is 4.55. The Balaban J connectivity index is 1.86. The average Bonchev–Trinajstić information content (AvgIpc) is 2.40. The van der Waals surface area contributed by atoms with Crippen molar-refractivity contribution in [2.24, 2.45) is 0 Å². The molecule has 0 N–H and O–H groups in total. The minimum absolute atomic E-state index is 0.0881. The Hall–Kier alpha value is -1.84. The number of hydrogen-bond acceptors (Lipinski definition) is 2. The molecule has 2 rings (SSSR count). The molecule has 2 amide bonds. The van der Waals surface area contributed by atoms with Gasteiger partial charge in [0.05, 0.1) is 6.42 Å². The lowest BCUT2D eigenvalue weighted by atomic mass is 10.1. The van der Waals surface area contributed by atoms with E-state index in [2.05, 4.69) is 0 Å². The standard InChI is InChI=1S/C14H18N2O2/c1-12(17)15-7-9-16(10-8-15)14(18)11-13-5-3-2-4-6-13/h2-6H,7-11H2,1H3. The zero-order valence-electron chi connectivity index (χ0n) is 10.6. The number of nitrogens with zero attached hydrogens (tertiary/aromatic N) is 2. The predicted octanol–water partition coefficient (Wildman–Crippen LogP) is 0.920. The molecule has 1 aromatic rings. The van der Waals surface area contributed by atoms with Crippen LogP contribution >= 0.6 is 0 Å². The topological polar surface area (TPSA) is 40.6 Å². The maximum absolute atomic E-state index is 12.1. The fourth-order valence-corrected chi connectivity index (χ4v) is 2.15. The van der Waals surface area contributed by atoms with E-state index in [-0.39, 0.29) is 11.8 Å². The molecule has 0 spiro atoms. The number of amides is 2. The molecule has 96 valence electrons. The Bertz CT molecular complexity index is 423. The van der Waals surface area contributed by atoms with Gasteiger partial charge in [-0.05, 0) is 5.56 Å². The van der Waals surface area contributed by atoms with Crippen molar-refractivity contribution in [3.63, 3.8) is 0 Å². The number of benzene rings is 1. The van der Waals surface area contributed by atoms with Crippen molar-refractivity contribution in [3.8, 4) is 0 Å². The highest BCUT2D eigenvalue weighted by Crippen LogP contribution is 2.07. The van der Waals surface area contributed by atoms with Crippen LogP contribution in [-0.4, -0.2) is 47.8 Å². The van der Waals surface area contributed by atoms with Crippen LogP contribution in [0.25, 0.3) is 0 Å². The summed E-state index contributed by atoms with van der Waals surface area (Å²) in [6, 6.07) is 9.75. The van der Waals surface area contributed by atoms with Gasteiger partial charge in [0, 0.05) is 33.1 Å². The molecule has 1 heterocycles. The van der Waals surface area contributed by atoms with E-state index in [4.69, 9.17) is 0 Å². The molecule has 4 heteroatoms. The summed E-state index contributed by atoms with van der Waals surface area (Å²) >= 11 is 0. The largest absolute Gasteiger partial charge is 0.339 e. The lowest BCUT2D eigenvalue weighted by Gasteiger charge is -2.34. The van der Waals surface area contributed by atoms with Gasteiger partial charge >= 0.3 is 0 Å². The number of carbonyl (C=O) groups excluding carboxylic acids is 2. The molecular formula is C14H18N2O2. The number of hydrogen-bond donors (Lipinski definition) is 0. The van der Waals surface area contributed by atoms with Crippen molar-refractivity contribution >= 4 is 11.8 Å². The monoisotopic (exact) mass is 246 g/mol. The van der Waals surface area contributed by atoms with E-state index >= 15 is 0 Å². The first-order valence-electron chi connectivity index (χ1n) is 6.24. The summed E-state index contributed by atoms with van der Waals surface area (Å²) in [7, 11) is 0. The molecule has 0 aliphatic carbocycles. The van der Waals surface area contributed by atoms with E-state index in [0.717, 1.165) is 5.56 Å². The van der Waals surface area contributed by atoms with Crippen molar-refractivity contribution in [2.75, 3.05) is 26.2 Å². The van der Waals surface area contributed by atoms with Gasteiger partial charge in [-0.15, -0.1) is 0 Å². The first-order valence-corrected chi connectivity index (χ1v) is 6.24. The predicted molar refractivity (Wildman–Crippen MR) is 69.0 cm³/mol. The molecule has 0 bridgehead atoms. The maximum Gasteiger partial charge on any atom is 0.227 e. The summed E-state index contributed by atoms with van der Waals surface area (Å²) in [6.45, 7) is 4.16. The molecule has 1 aliphatic rings. The van der Waals surface area contributed by atoms with Crippen molar-refractivity contribution in [3.05, 3.63) is 35.9 Å². The fourth-order valence-electron chi connectivity index (χ4n) is 2.15. The molecule has 1 saturated heterocycles. The van der Waals surface area contributed by atoms with Crippen LogP contribution in [0.1, 0.15) is 12.5 Å². The summed E-state index contributed by atoms with van der Waals surface area (Å²) in [6.07, 6.45) is 0.445. The summed E-state index contributed by atoms with van der Waals surface area (Å²) in [4.78, 5) is 26.9. The highest BCUT2D eigenvalue weighted by molar-refractivity contribution is 5.79. The highest BCUT2D eigenvalue weighted by Gasteiger charge is 2.22. The average molecular weight is 246 g/mol. The summed E-state index contributed by atoms with van der Waals surface area (Å²) in [5.41, 5.74) is 1.04. The van der Waals surface area contributed by atoms with E-state index in [1.807, 2.05) is 35.2 Å². The number of carbonyl (C=O) groups is 2. The Morgan fingerprint density at radius 1 is 1.00 bits per heavy atom. The smallest absolute Gasteiger partial charge is 0.227 e. The van der Waals surface area contributed by atoms with Gasteiger partial charge in [0.15, 0.2) is 0 Å². The lowest BCUT2D eigenvalue weighted by Crippen LogP contribution is -2.50. The minimum Gasteiger partial charge on any atom is -0.339 e. The van der Waals surface area contributed by atoms with E-state index < -0.39 is 0 Å². The molecule has 0 unspecified atom stereocenters. The van der Waals surface area contributed by atoms with Crippen molar-refractivity contribution in [2.45, 2.75) is 13.3 Å². The van der Waals surface area contributed by atoms with E-state index in [1.54, 1.807) is 11.8 Å².